The molecule has 0 bridgehead atoms. The van der Waals surface area contributed by atoms with Crippen LogP contribution in [0.15, 0.2) is 30.5 Å². The Bertz CT molecular complexity index is 1280. The predicted molar refractivity (Wildman–Crippen MR) is 133 cm³/mol. The summed E-state index contributed by atoms with van der Waals surface area (Å²) in [5.74, 6) is -8.07. The number of fused-ring (bicyclic) bond motifs is 1. The van der Waals surface area contributed by atoms with Crippen LogP contribution in [0.1, 0.15) is 24.8 Å². The highest BCUT2D eigenvalue weighted by Gasteiger charge is 2.32. The molecule has 39 heavy (non-hydrogen) atoms. The van der Waals surface area contributed by atoms with Gasteiger partial charge in [-0.05, 0) is 11.6 Å². The van der Waals surface area contributed by atoms with E-state index in [1.807, 2.05) is 0 Å². The van der Waals surface area contributed by atoms with Crippen molar-refractivity contribution in [1.29, 1.82) is 0 Å². The van der Waals surface area contributed by atoms with E-state index in [0.29, 0.717) is 16.5 Å². The number of nitrogens with one attached hydrogen (secondary N) is 4. The number of carboxylic acid groups (broad SMARTS) is 2. The van der Waals surface area contributed by atoms with Gasteiger partial charge in [-0.1, -0.05) is 18.2 Å². The van der Waals surface area contributed by atoms with E-state index in [2.05, 4.69) is 20.9 Å². The second kappa shape index (κ2) is 13.5. The van der Waals surface area contributed by atoms with Crippen LogP contribution in [0.25, 0.3) is 10.9 Å². The van der Waals surface area contributed by atoms with E-state index in [1.165, 1.54) is 0 Å². The van der Waals surface area contributed by atoms with Crippen molar-refractivity contribution in [2.24, 2.45) is 17.2 Å². The van der Waals surface area contributed by atoms with E-state index in [9.17, 15) is 38.7 Å². The van der Waals surface area contributed by atoms with Crippen molar-refractivity contribution in [2.75, 3.05) is 0 Å². The second-order valence-electron chi connectivity index (χ2n) is 8.63. The third-order valence-corrected chi connectivity index (χ3v) is 5.52. The number of primary amides is 2. The van der Waals surface area contributed by atoms with Crippen molar-refractivity contribution in [3.63, 3.8) is 0 Å². The molecule has 0 aliphatic heterocycles. The number of nitrogens with two attached hydrogens (primary N) is 3. The van der Waals surface area contributed by atoms with Gasteiger partial charge in [0.25, 0.3) is 0 Å². The molecule has 4 atom stereocenters. The van der Waals surface area contributed by atoms with Crippen LogP contribution < -0.4 is 33.2 Å². The van der Waals surface area contributed by atoms with Crippen LogP contribution in [0.3, 0.4) is 0 Å². The third-order valence-electron chi connectivity index (χ3n) is 5.52. The van der Waals surface area contributed by atoms with Crippen molar-refractivity contribution in [2.45, 2.75) is 49.9 Å². The number of aromatic amines is 1. The van der Waals surface area contributed by atoms with E-state index in [0.717, 1.165) is 0 Å². The Balaban J connectivity index is 2.34. The largest absolute Gasteiger partial charge is 0.481 e. The summed E-state index contributed by atoms with van der Waals surface area (Å²) in [6.07, 6.45) is -0.823. The van der Waals surface area contributed by atoms with Gasteiger partial charge < -0.3 is 48.3 Å². The Kier molecular flexibility index (Phi) is 10.5. The van der Waals surface area contributed by atoms with Crippen molar-refractivity contribution < 1.29 is 43.8 Å². The maximum Gasteiger partial charge on any atom is 0.326 e. The molecular weight excluding hydrogens is 518 g/mol. The van der Waals surface area contributed by atoms with E-state index in [1.54, 1.807) is 30.5 Å². The molecule has 2 rings (SSSR count). The lowest BCUT2D eigenvalue weighted by Crippen LogP contribution is -2.58. The van der Waals surface area contributed by atoms with Crippen molar-refractivity contribution in [3.05, 3.63) is 36.0 Å². The molecule has 1 aromatic carbocycles. The summed E-state index contributed by atoms with van der Waals surface area (Å²) in [6.45, 7) is 0. The van der Waals surface area contributed by atoms with Gasteiger partial charge >= 0.3 is 11.9 Å². The molecule has 0 aliphatic rings. The average Bonchev–Trinajstić information content (AvgIpc) is 3.24. The molecule has 1 aromatic heterocycles. The van der Waals surface area contributed by atoms with E-state index in [4.69, 9.17) is 22.3 Å². The highest BCUT2D eigenvalue weighted by molar-refractivity contribution is 5.97. The number of aromatic nitrogens is 1. The number of para-hydroxylation sites is 1. The maximum atomic E-state index is 13.1. The first-order chi connectivity index (χ1) is 18.3. The Morgan fingerprint density at radius 2 is 1.31 bits per heavy atom. The topological polar surface area (TPSA) is 290 Å². The van der Waals surface area contributed by atoms with Crippen LogP contribution in [0.2, 0.25) is 0 Å². The fourth-order valence-electron chi connectivity index (χ4n) is 3.65. The normalized spacial score (nSPS) is 13.9. The lowest BCUT2D eigenvalue weighted by molar-refractivity contribution is -0.143. The SMILES string of the molecule is NC(=O)CC(NC(=O)C(Cc1c[nH]c2ccccc12)NC(=O)C(CC(N)=O)NC(=O)C(N)CC(=O)O)C(=O)O. The minimum Gasteiger partial charge on any atom is -0.481 e. The van der Waals surface area contributed by atoms with Gasteiger partial charge in [0.05, 0.1) is 25.3 Å². The van der Waals surface area contributed by atoms with Crippen molar-refractivity contribution in [1.82, 2.24) is 20.9 Å². The molecular formula is C23H29N7O9. The molecule has 1 heterocycles. The lowest BCUT2D eigenvalue weighted by atomic mass is 10.0. The zero-order chi connectivity index (χ0) is 29.3. The highest BCUT2D eigenvalue weighted by Crippen LogP contribution is 2.19. The number of carbonyl (C=O) groups is 7. The Labute approximate surface area is 220 Å². The van der Waals surface area contributed by atoms with Crippen LogP contribution >= 0.6 is 0 Å². The van der Waals surface area contributed by atoms with Crippen LogP contribution in [0.4, 0.5) is 0 Å². The lowest BCUT2D eigenvalue weighted by Gasteiger charge is -2.24. The first-order valence-corrected chi connectivity index (χ1v) is 11.5. The van der Waals surface area contributed by atoms with Crippen LogP contribution in [-0.4, -0.2) is 80.8 Å². The first-order valence-electron chi connectivity index (χ1n) is 11.5. The van der Waals surface area contributed by atoms with Gasteiger partial charge in [-0.2, -0.15) is 0 Å². The summed E-state index contributed by atoms with van der Waals surface area (Å²) in [6, 6.07) is 0.638. The Morgan fingerprint density at radius 1 is 0.769 bits per heavy atom. The standard InChI is InChI=1S/C23H29N7O9/c24-12(6-19(33)34)20(35)28-15(7-17(25)31)22(37)29-14(21(36)30-16(23(38)39)8-18(26)32)5-10-9-27-13-4-2-1-3-11(10)13/h1-4,9,12,14-16,27H,5-8,24H2,(H2,25,31)(H2,26,32)(H,28,35)(H,29,37)(H,30,36)(H,33,34)(H,38,39). The maximum absolute atomic E-state index is 13.1. The third kappa shape index (κ3) is 9.12. The van der Waals surface area contributed by atoms with Crippen molar-refractivity contribution >= 4 is 52.4 Å². The van der Waals surface area contributed by atoms with E-state index < -0.39 is 84.9 Å². The number of carbonyl (C=O) groups excluding carboxylic acids is 5. The molecule has 0 saturated heterocycles. The zero-order valence-corrected chi connectivity index (χ0v) is 20.5. The molecule has 210 valence electrons. The fraction of sp³-hybridized carbons (Fsp3) is 0.348. The molecule has 2 aromatic rings. The molecule has 0 saturated carbocycles. The molecule has 16 heteroatoms. The monoisotopic (exact) mass is 547 g/mol. The number of carboxylic acids is 2. The number of hydrogen-bond acceptors (Lipinski definition) is 8. The van der Waals surface area contributed by atoms with Gasteiger partial charge in [0.1, 0.15) is 18.1 Å². The number of H-pyrrole nitrogens is 1. The molecule has 0 fully saturated rings. The molecule has 0 radical (unpaired) electrons. The molecule has 0 aliphatic carbocycles. The molecule has 5 amide bonds. The van der Waals surface area contributed by atoms with Crippen molar-refractivity contribution in [3.8, 4) is 0 Å². The van der Waals surface area contributed by atoms with Crippen LogP contribution in [-0.2, 0) is 40.0 Å². The Morgan fingerprint density at radius 3 is 1.90 bits per heavy atom. The van der Waals surface area contributed by atoms with Gasteiger partial charge in [-0.3, -0.25) is 28.8 Å². The Hall–Kier alpha value is -4.99. The quantitative estimate of drug-likeness (QED) is 0.108. The number of aliphatic carboxylic acids is 2. The summed E-state index contributed by atoms with van der Waals surface area (Å²) >= 11 is 0. The number of amides is 5. The minimum absolute atomic E-state index is 0.180. The molecule has 0 spiro atoms. The smallest absolute Gasteiger partial charge is 0.326 e. The summed E-state index contributed by atoms with van der Waals surface area (Å²) in [5.41, 5.74) is 17.0. The number of hydrogen-bond donors (Lipinski definition) is 9. The number of rotatable bonds is 15. The predicted octanol–water partition coefficient (Wildman–Crippen LogP) is -3.20. The molecule has 4 unspecified atom stereocenters. The van der Waals surface area contributed by atoms with Crippen LogP contribution in [0, 0.1) is 0 Å². The van der Waals surface area contributed by atoms with Gasteiger partial charge in [0.2, 0.25) is 29.5 Å². The van der Waals surface area contributed by atoms with Gasteiger partial charge in [0.15, 0.2) is 0 Å². The first kappa shape index (κ1) is 30.2. The highest BCUT2D eigenvalue weighted by atomic mass is 16.4. The molecule has 12 N–H and O–H groups in total. The summed E-state index contributed by atoms with van der Waals surface area (Å²) < 4.78 is 0. The van der Waals surface area contributed by atoms with Gasteiger partial charge in [-0.15, -0.1) is 0 Å². The average molecular weight is 548 g/mol. The minimum atomic E-state index is -1.70. The zero-order valence-electron chi connectivity index (χ0n) is 20.5. The van der Waals surface area contributed by atoms with Gasteiger partial charge in [-0.25, -0.2) is 4.79 Å². The summed E-state index contributed by atoms with van der Waals surface area (Å²) in [5, 5.41) is 25.5. The van der Waals surface area contributed by atoms with E-state index >= 15 is 0 Å². The van der Waals surface area contributed by atoms with Crippen LogP contribution in [0.5, 0.6) is 0 Å². The number of benzene rings is 1. The van der Waals surface area contributed by atoms with E-state index in [-0.39, 0.29) is 6.42 Å². The van der Waals surface area contributed by atoms with Gasteiger partial charge in [0, 0.05) is 23.5 Å². The fourth-order valence-corrected chi connectivity index (χ4v) is 3.65. The molecule has 16 nitrogen and oxygen atoms in total. The summed E-state index contributed by atoms with van der Waals surface area (Å²) in [7, 11) is 0. The summed E-state index contributed by atoms with van der Waals surface area (Å²) in [4.78, 5) is 86.7. The second-order valence-corrected chi connectivity index (χ2v) is 8.63.